The van der Waals surface area contributed by atoms with Crippen LogP contribution >= 0.6 is 0 Å². The third kappa shape index (κ3) is 4.17. The van der Waals surface area contributed by atoms with Crippen LogP contribution in [0.25, 0.3) is 0 Å². The summed E-state index contributed by atoms with van der Waals surface area (Å²) in [5.41, 5.74) is 0.437. The quantitative estimate of drug-likeness (QED) is 0.876. The van der Waals surface area contributed by atoms with E-state index in [-0.39, 0.29) is 17.7 Å². The van der Waals surface area contributed by atoms with Gasteiger partial charge < -0.3 is 15.4 Å². The van der Waals surface area contributed by atoms with E-state index in [9.17, 15) is 13.6 Å². The lowest BCUT2D eigenvalue weighted by Gasteiger charge is -2.23. The van der Waals surface area contributed by atoms with Crippen molar-refractivity contribution in [2.24, 2.45) is 0 Å². The summed E-state index contributed by atoms with van der Waals surface area (Å²) in [6.45, 7) is -1.11. The summed E-state index contributed by atoms with van der Waals surface area (Å²) in [4.78, 5) is 11.9. The first-order chi connectivity index (χ1) is 9.15. The number of halogens is 2. The molecule has 0 aliphatic carbocycles. The molecule has 1 aromatic carbocycles. The van der Waals surface area contributed by atoms with Crippen molar-refractivity contribution >= 4 is 5.91 Å². The molecule has 0 spiro atoms. The topological polar surface area (TPSA) is 50.4 Å². The van der Waals surface area contributed by atoms with Gasteiger partial charge in [-0.15, -0.1) is 0 Å². The van der Waals surface area contributed by atoms with E-state index in [0.717, 1.165) is 25.9 Å². The number of alkyl halides is 2. The van der Waals surface area contributed by atoms with Crippen molar-refractivity contribution < 1.29 is 18.3 Å². The zero-order chi connectivity index (χ0) is 13.7. The minimum absolute atomic E-state index is 0.0471. The first-order valence-corrected chi connectivity index (χ1v) is 6.21. The van der Waals surface area contributed by atoms with Gasteiger partial charge in [-0.2, -0.15) is 8.78 Å². The molecule has 1 aliphatic heterocycles. The lowest BCUT2D eigenvalue weighted by Crippen LogP contribution is -2.45. The van der Waals surface area contributed by atoms with Crippen molar-refractivity contribution in [3.05, 3.63) is 29.8 Å². The lowest BCUT2D eigenvalue weighted by molar-refractivity contribution is -0.0498. The van der Waals surface area contributed by atoms with E-state index >= 15 is 0 Å². The number of ether oxygens (including phenoxy) is 1. The van der Waals surface area contributed by atoms with E-state index in [4.69, 9.17) is 0 Å². The van der Waals surface area contributed by atoms with Crippen LogP contribution in [0.15, 0.2) is 24.3 Å². The largest absolute Gasteiger partial charge is 0.435 e. The van der Waals surface area contributed by atoms with E-state index < -0.39 is 6.61 Å². The fourth-order valence-electron chi connectivity index (χ4n) is 2.03. The van der Waals surface area contributed by atoms with Crippen molar-refractivity contribution in [1.29, 1.82) is 0 Å². The molecular formula is C13H16F2N2O2. The highest BCUT2D eigenvalue weighted by Crippen LogP contribution is 2.15. The second-order valence-electron chi connectivity index (χ2n) is 4.42. The van der Waals surface area contributed by atoms with Crippen LogP contribution in [0.1, 0.15) is 23.2 Å². The van der Waals surface area contributed by atoms with Gasteiger partial charge in [-0.05, 0) is 43.7 Å². The molecule has 1 fully saturated rings. The zero-order valence-corrected chi connectivity index (χ0v) is 10.4. The van der Waals surface area contributed by atoms with E-state index in [2.05, 4.69) is 15.4 Å². The molecule has 0 radical (unpaired) electrons. The first kappa shape index (κ1) is 13.7. The number of piperidine rings is 1. The number of benzene rings is 1. The van der Waals surface area contributed by atoms with Crippen LogP contribution in [0.2, 0.25) is 0 Å². The summed E-state index contributed by atoms with van der Waals surface area (Å²) >= 11 is 0. The molecule has 1 unspecified atom stereocenters. The van der Waals surface area contributed by atoms with Crippen molar-refractivity contribution in [2.45, 2.75) is 25.5 Å². The van der Waals surface area contributed by atoms with Crippen molar-refractivity contribution in [1.82, 2.24) is 10.6 Å². The highest BCUT2D eigenvalue weighted by atomic mass is 19.3. The van der Waals surface area contributed by atoms with Crippen LogP contribution in [-0.4, -0.2) is 31.7 Å². The van der Waals surface area contributed by atoms with E-state index in [1.54, 1.807) is 0 Å². The molecule has 1 atom stereocenters. The maximum Gasteiger partial charge on any atom is 0.387 e. The molecule has 0 bridgehead atoms. The predicted octanol–water partition coefficient (Wildman–Crippen LogP) is 1.77. The molecule has 19 heavy (non-hydrogen) atoms. The van der Waals surface area contributed by atoms with Crippen molar-refractivity contribution in [3.63, 3.8) is 0 Å². The van der Waals surface area contributed by atoms with Gasteiger partial charge in [0.2, 0.25) is 0 Å². The predicted molar refractivity (Wildman–Crippen MR) is 66.4 cm³/mol. The normalized spacial score (nSPS) is 19.2. The lowest BCUT2D eigenvalue weighted by atomic mass is 10.1. The van der Waals surface area contributed by atoms with Gasteiger partial charge in [0.15, 0.2) is 0 Å². The van der Waals surface area contributed by atoms with Crippen LogP contribution in [0, 0.1) is 0 Å². The number of carbonyl (C=O) groups is 1. The van der Waals surface area contributed by atoms with Gasteiger partial charge in [-0.3, -0.25) is 4.79 Å². The van der Waals surface area contributed by atoms with Gasteiger partial charge in [0, 0.05) is 18.2 Å². The molecular weight excluding hydrogens is 254 g/mol. The Balaban J connectivity index is 1.91. The average molecular weight is 270 g/mol. The first-order valence-electron chi connectivity index (χ1n) is 6.21. The Morgan fingerprint density at radius 1 is 1.37 bits per heavy atom. The highest BCUT2D eigenvalue weighted by molar-refractivity contribution is 5.94. The van der Waals surface area contributed by atoms with E-state index in [1.165, 1.54) is 24.3 Å². The molecule has 104 valence electrons. The number of hydrogen-bond donors (Lipinski definition) is 2. The molecule has 1 saturated heterocycles. The Morgan fingerprint density at radius 3 is 2.68 bits per heavy atom. The molecule has 1 aromatic rings. The van der Waals surface area contributed by atoms with E-state index in [1.807, 2.05) is 0 Å². The summed E-state index contributed by atoms with van der Waals surface area (Å²) in [5, 5.41) is 6.11. The summed E-state index contributed by atoms with van der Waals surface area (Å²) in [6.07, 6.45) is 1.98. The molecule has 2 rings (SSSR count). The molecule has 0 saturated carbocycles. The number of rotatable bonds is 4. The monoisotopic (exact) mass is 270 g/mol. The summed E-state index contributed by atoms with van der Waals surface area (Å²) in [5.74, 6) is -0.150. The maximum atomic E-state index is 12.0. The third-order valence-electron chi connectivity index (χ3n) is 2.97. The summed E-state index contributed by atoms with van der Waals surface area (Å²) < 4.78 is 28.2. The van der Waals surface area contributed by atoms with Crippen molar-refractivity contribution in [2.75, 3.05) is 13.1 Å². The fourth-order valence-corrected chi connectivity index (χ4v) is 2.03. The Morgan fingerprint density at radius 2 is 2.11 bits per heavy atom. The SMILES string of the molecule is O=C(NC1CCCNC1)c1ccc(OC(F)F)cc1. The van der Waals surface area contributed by atoms with Gasteiger partial charge in [0.1, 0.15) is 5.75 Å². The Bertz CT molecular complexity index is 417. The van der Waals surface area contributed by atoms with Gasteiger partial charge >= 0.3 is 6.61 Å². The third-order valence-corrected chi connectivity index (χ3v) is 2.97. The smallest absolute Gasteiger partial charge is 0.387 e. The minimum Gasteiger partial charge on any atom is -0.435 e. The Kier molecular flexibility index (Phi) is 4.68. The van der Waals surface area contributed by atoms with Crippen LogP contribution in [0.3, 0.4) is 0 Å². The second kappa shape index (κ2) is 6.47. The summed E-state index contributed by atoms with van der Waals surface area (Å²) in [6, 6.07) is 5.80. The molecule has 0 aromatic heterocycles. The zero-order valence-electron chi connectivity index (χ0n) is 10.4. The number of amides is 1. The molecule has 2 N–H and O–H groups in total. The van der Waals surface area contributed by atoms with Crippen LogP contribution in [-0.2, 0) is 0 Å². The van der Waals surface area contributed by atoms with Gasteiger partial charge in [-0.1, -0.05) is 0 Å². The average Bonchev–Trinajstić information content (AvgIpc) is 2.40. The number of carbonyl (C=O) groups excluding carboxylic acids is 1. The van der Waals surface area contributed by atoms with Crippen LogP contribution < -0.4 is 15.4 Å². The Labute approximate surface area is 110 Å². The number of hydrogen-bond acceptors (Lipinski definition) is 3. The Hall–Kier alpha value is -1.69. The van der Waals surface area contributed by atoms with Crippen LogP contribution in [0.4, 0.5) is 8.78 Å². The van der Waals surface area contributed by atoms with Gasteiger partial charge in [0.25, 0.3) is 5.91 Å². The molecule has 4 nitrogen and oxygen atoms in total. The molecule has 1 amide bonds. The van der Waals surface area contributed by atoms with E-state index in [0.29, 0.717) is 5.56 Å². The van der Waals surface area contributed by atoms with Crippen LogP contribution in [0.5, 0.6) is 5.75 Å². The number of nitrogens with one attached hydrogen (secondary N) is 2. The fraction of sp³-hybridized carbons (Fsp3) is 0.462. The molecule has 6 heteroatoms. The maximum absolute atomic E-state index is 12.0. The van der Waals surface area contributed by atoms with Gasteiger partial charge in [0.05, 0.1) is 0 Å². The molecule has 1 aliphatic rings. The molecule has 1 heterocycles. The highest BCUT2D eigenvalue weighted by Gasteiger charge is 2.16. The summed E-state index contributed by atoms with van der Waals surface area (Å²) in [7, 11) is 0. The van der Waals surface area contributed by atoms with Crippen molar-refractivity contribution in [3.8, 4) is 5.75 Å². The van der Waals surface area contributed by atoms with Gasteiger partial charge in [-0.25, -0.2) is 0 Å². The minimum atomic E-state index is -2.85. The standard InChI is InChI=1S/C13H16F2N2O2/c14-13(15)19-11-5-3-9(4-6-11)12(18)17-10-2-1-7-16-8-10/h3-6,10,13,16H,1-2,7-8H2,(H,17,18). The second-order valence-corrected chi connectivity index (χ2v) is 4.42.